The smallest absolute Gasteiger partial charge is 0.199 e. The summed E-state index contributed by atoms with van der Waals surface area (Å²) in [5.74, 6) is 1.86. The fraction of sp³-hybridized carbons (Fsp3) is 0.636. The summed E-state index contributed by atoms with van der Waals surface area (Å²) < 4.78 is 10.4. The minimum atomic E-state index is 0.354. The van der Waals surface area contributed by atoms with Crippen molar-refractivity contribution >= 4 is 17.4 Å². The average molecular weight is 258 g/mol. The van der Waals surface area contributed by atoms with Crippen molar-refractivity contribution in [2.75, 3.05) is 38.8 Å². The van der Waals surface area contributed by atoms with Crippen molar-refractivity contribution < 1.29 is 9.47 Å². The highest BCUT2D eigenvalue weighted by molar-refractivity contribution is 6.31. The maximum absolute atomic E-state index is 5.98. The molecule has 1 aliphatic heterocycles. The number of methoxy groups -OCH3 is 2. The molecule has 17 heavy (non-hydrogen) atoms. The largest absolute Gasteiger partial charge is 0.490 e. The first-order valence-corrected chi connectivity index (χ1v) is 5.92. The molecule has 0 saturated carbocycles. The quantitative estimate of drug-likeness (QED) is 0.767. The fourth-order valence-electron chi connectivity index (χ4n) is 2.14. The zero-order chi connectivity index (χ0) is 12.3. The van der Waals surface area contributed by atoms with Crippen molar-refractivity contribution in [2.24, 2.45) is 5.92 Å². The molecule has 2 rings (SSSR count). The summed E-state index contributed by atoms with van der Waals surface area (Å²) in [4.78, 5) is 10.3. The highest BCUT2D eigenvalue weighted by Gasteiger charge is 2.26. The monoisotopic (exact) mass is 257 g/mol. The van der Waals surface area contributed by atoms with Crippen LogP contribution in [0.5, 0.6) is 5.75 Å². The predicted octanol–water partition coefficient (Wildman–Crippen LogP) is 1.61. The van der Waals surface area contributed by atoms with Gasteiger partial charge in [-0.05, 0) is 6.42 Å². The summed E-state index contributed by atoms with van der Waals surface area (Å²) in [7, 11) is 3.31. The van der Waals surface area contributed by atoms with Crippen LogP contribution in [-0.4, -0.2) is 43.9 Å². The molecule has 2 heterocycles. The second kappa shape index (κ2) is 5.51. The third kappa shape index (κ3) is 2.61. The van der Waals surface area contributed by atoms with Gasteiger partial charge in [-0.25, -0.2) is 9.97 Å². The fourth-order valence-corrected chi connectivity index (χ4v) is 2.35. The van der Waals surface area contributed by atoms with Crippen LogP contribution in [0.1, 0.15) is 6.42 Å². The molecule has 0 spiro atoms. The summed E-state index contributed by atoms with van der Waals surface area (Å²) in [5, 5.41) is 0.354. The number of rotatable bonds is 4. The van der Waals surface area contributed by atoms with Crippen LogP contribution in [0.2, 0.25) is 5.15 Å². The zero-order valence-electron chi connectivity index (χ0n) is 10.0. The number of anilines is 1. The molecular formula is C11H16ClN3O2. The molecule has 1 fully saturated rings. The molecule has 5 nitrogen and oxygen atoms in total. The lowest BCUT2D eigenvalue weighted by atomic mass is 10.1. The first-order valence-electron chi connectivity index (χ1n) is 5.54. The normalized spacial score (nSPS) is 19.7. The summed E-state index contributed by atoms with van der Waals surface area (Å²) in [6, 6.07) is 0. The summed E-state index contributed by atoms with van der Waals surface area (Å²) >= 11 is 5.98. The first-order chi connectivity index (χ1) is 8.26. The molecule has 0 aliphatic carbocycles. The lowest BCUT2D eigenvalue weighted by molar-refractivity contribution is 0.161. The molecule has 1 unspecified atom stereocenters. The van der Waals surface area contributed by atoms with Gasteiger partial charge in [0.2, 0.25) is 0 Å². The van der Waals surface area contributed by atoms with Gasteiger partial charge in [-0.3, -0.25) is 0 Å². The van der Waals surface area contributed by atoms with Crippen LogP contribution in [0.25, 0.3) is 0 Å². The molecule has 0 N–H and O–H groups in total. The third-order valence-electron chi connectivity index (χ3n) is 2.93. The van der Waals surface area contributed by atoms with Crippen molar-refractivity contribution in [3.8, 4) is 5.75 Å². The van der Waals surface area contributed by atoms with Crippen molar-refractivity contribution in [1.29, 1.82) is 0 Å². The van der Waals surface area contributed by atoms with Gasteiger partial charge < -0.3 is 14.4 Å². The molecule has 1 aliphatic rings. The maximum atomic E-state index is 5.98. The highest BCUT2D eigenvalue weighted by Crippen LogP contribution is 2.34. The Morgan fingerprint density at radius 2 is 2.29 bits per heavy atom. The molecule has 0 amide bonds. The van der Waals surface area contributed by atoms with E-state index in [4.69, 9.17) is 21.1 Å². The molecule has 0 aromatic carbocycles. The van der Waals surface area contributed by atoms with Crippen molar-refractivity contribution in [3.63, 3.8) is 0 Å². The van der Waals surface area contributed by atoms with Gasteiger partial charge in [-0.2, -0.15) is 0 Å². The van der Waals surface area contributed by atoms with E-state index in [2.05, 4.69) is 14.9 Å². The molecule has 0 radical (unpaired) electrons. The van der Waals surface area contributed by atoms with Crippen molar-refractivity contribution in [1.82, 2.24) is 9.97 Å². The number of halogens is 1. The Bertz CT molecular complexity index is 389. The van der Waals surface area contributed by atoms with Crippen LogP contribution >= 0.6 is 11.6 Å². The lowest BCUT2D eigenvalue weighted by Crippen LogP contribution is -2.22. The molecule has 0 bridgehead atoms. The second-order valence-corrected chi connectivity index (χ2v) is 4.44. The van der Waals surface area contributed by atoms with Crippen LogP contribution < -0.4 is 9.64 Å². The Hall–Kier alpha value is -1.07. The van der Waals surface area contributed by atoms with E-state index in [1.54, 1.807) is 14.2 Å². The Kier molecular flexibility index (Phi) is 4.02. The number of hydrogen-bond acceptors (Lipinski definition) is 5. The van der Waals surface area contributed by atoms with Crippen LogP contribution in [0.3, 0.4) is 0 Å². The molecule has 1 aromatic rings. The maximum Gasteiger partial charge on any atom is 0.199 e. The Labute approximate surface area is 106 Å². The number of ether oxygens (including phenoxy) is 2. The van der Waals surface area contributed by atoms with Crippen molar-refractivity contribution in [3.05, 3.63) is 11.5 Å². The summed E-state index contributed by atoms with van der Waals surface area (Å²) in [6.45, 7) is 2.63. The number of hydrogen-bond donors (Lipinski definition) is 0. The van der Waals surface area contributed by atoms with Gasteiger partial charge in [0, 0.05) is 26.1 Å². The average Bonchev–Trinajstić information content (AvgIpc) is 2.78. The van der Waals surface area contributed by atoms with E-state index in [9.17, 15) is 0 Å². The summed E-state index contributed by atoms with van der Waals surface area (Å²) in [6.07, 6.45) is 2.56. The standard InChI is InChI=1S/C11H16ClN3O2/c1-16-6-8-3-4-15(5-8)11-9(17-2)10(12)13-7-14-11/h7-8H,3-6H2,1-2H3. The number of aromatic nitrogens is 2. The van der Waals surface area contributed by atoms with Gasteiger partial charge in [0.15, 0.2) is 16.7 Å². The molecule has 94 valence electrons. The molecule has 6 heteroatoms. The van der Waals surface area contributed by atoms with Gasteiger partial charge in [0.25, 0.3) is 0 Å². The van der Waals surface area contributed by atoms with Gasteiger partial charge in [0.1, 0.15) is 6.33 Å². The minimum Gasteiger partial charge on any atom is -0.490 e. The molecule has 1 saturated heterocycles. The predicted molar refractivity (Wildman–Crippen MR) is 65.8 cm³/mol. The topological polar surface area (TPSA) is 47.5 Å². The van der Waals surface area contributed by atoms with Crippen LogP contribution in [-0.2, 0) is 4.74 Å². The lowest BCUT2D eigenvalue weighted by Gasteiger charge is -2.19. The number of nitrogens with zero attached hydrogens (tertiary/aromatic N) is 3. The van der Waals surface area contributed by atoms with Crippen LogP contribution in [0.4, 0.5) is 5.82 Å². The zero-order valence-corrected chi connectivity index (χ0v) is 10.8. The van der Waals surface area contributed by atoms with E-state index in [0.717, 1.165) is 31.9 Å². The van der Waals surface area contributed by atoms with E-state index >= 15 is 0 Å². The van der Waals surface area contributed by atoms with Gasteiger partial charge >= 0.3 is 0 Å². The highest BCUT2D eigenvalue weighted by atomic mass is 35.5. The molecule has 1 atom stereocenters. The SMILES string of the molecule is COCC1CCN(c2ncnc(Cl)c2OC)C1. The first kappa shape index (κ1) is 12.4. The summed E-state index contributed by atoms with van der Waals surface area (Å²) in [5.41, 5.74) is 0. The van der Waals surface area contributed by atoms with E-state index in [1.165, 1.54) is 6.33 Å². The van der Waals surface area contributed by atoms with E-state index < -0.39 is 0 Å². The van der Waals surface area contributed by atoms with Crippen molar-refractivity contribution in [2.45, 2.75) is 6.42 Å². The Morgan fingerprint density at radius 1 is 1.47 bits per heavy atom. The second-order valence-electron chi connectivity index (χ2n) is 4.08. The Morgan fingerprint density at radius 3 is 3.00 bits per heavy atom. The third-order valence-corrected chi connectivity index (χ3v) is 3.20. The molecular weight excluding hydrogens is 242 g/mol. The van der Waals surface area contributed by atoms with Gasteiger partial charge in [-0.15, -0.1) is 0 Å². The minimum absolute atomic E-state index is 0.354. The van der Waals surface area contributed by atoms with Crippen LogP contribution in [0, 0.1) is 5.92 Å². The Balaban J connectivity index is 2.15. The van der Waals surface area contributed by atoms with E-state index in [0.29, 0.717) is 16.8 Å². The van der Waals surface area contributed by atoms with Gasteiger partial charge in [0.05, 0.1) is 13.7 Å². The van der Waals surface area contributed by atoms with Crippen LogP contribution in [0.15, 0.2) is 6.33 Å². The van der Waals surface area contributed by atoms with E-state index in [1.807, 2.05) is 0 Å². The van der Waals surface area contributed by atoms with E-state index in [-0.39, 0.29) is 0 Å². The molecule has 1 aromatic heterocycles. The van der Waals surface area contributed by atoms with Gasteiger partial charge in [-0.1, -0.05) is 11.6 Å².